The Labute approximate surface area is 113 Å². The molecule has 0 bridgehead atoms. The van der Waals surface area contributed by atoms with Gasteiger partial charge in [-0.25, -0.2) is 0 Å². The zero-order valence-electron chi connectivity index (χ0n) is 11.0. The Bertz CT molecular complexity index is 471. The van der Waals surface area contributed by atoms with E-state index in [2.05, 4.69) is 0 Å². The van der Waals surface area contributed by atoms with E-state index >= 15 is 0 Å². The van der Waals surface area contributed by atoms with Crippen LogP contribution in [0, 0.1) is 0 Å². The second-order valence-corrected chi connectivity index (χ2v) is 5.31. The van der Waals surface area contributed by atoms with Gasteiger partial charge in [0.2, 0.25) is 5.91 Å². The summed E-state index contributed by atoms with van der Waals surface area (Å²) in [4.78, 5) is 14.7. The normalized spacial score (nSPS) is 20.8. The van der Waals surface area contributed by atoms with Crippen molar-refractivity contribution in [1.29, 1.82) is 0 Å². The number of rotatable bonds is 5. The van der Waals surface area contributed by atoms with Crippen molar-refractivity contribution in [3.8, 4) is 5.75 Å². The van der Waals surface area contributed by atoms with Gasteiger partial charge in [0.15, 0.2) is 0 Å². The van der Waals surface area contributed by atoms with Gasteiger partial charge in [-0.05, 0) is 31.9 Å². The fourth-order valence-corrected chi connectivity index (χ4v) is 2.69. The molecule has 19 heavy (non-hydrogen) atoms. The molecule has 1 aliphatic heterocycles. The monoisotopic (exact) mass is 260 g/mol. The topological polar surface area (TPSA) is 55.6 Å². The number of hydrogen-bond donors (Lipinski definition) is 1. The van der Waals surface area contributed by atoms with Crippen LogP contribution < -0.4 is 10.5 Å². The minimum absolute atomic E-state index is 0.130. The molecule has 1 fully saturated rings. The van der Waals surface area contributed by atoms with Gasteiger partial charge in [0.1, 0.15) is 18.3 Å². The third kappa shape index (κ3) is 2.45. The third-order valence-corrected chi connectivity index (χ3v) is 3.87. The summed E-state index contributed by atoms with van der Waals surface area (Å²) in [5, 5.41) is 0. The van der Waals surface area contributed by atoms with E-state index in [0.717, 1.165) is 37.1 Å². The van der Waals surface area contributed by atoms with Crippen LogP contribution in [0.2, 0.25) is 0 Å². The number of fused-ring (bicyclic) bond motifs is 1. The molecule has 0 aromatic heterocycles. The van der Waals surface area contributed by atoms with Crippen molar-refractivity contribution in [3.05, 3.63) is 29.8 Å². The Morgan fingerprint density at radius 2 is 2.16 bits per heavy atom. The van der Waals surface area contributed by atoms with Crippen LogP contribution in [0.4, 0.5) is 0 Å². The fourth-order valence-electron chi connectivity index (χ4n) is 2.69. The zero-order chi connectivity index (χ0) is 13.2. The van der Waals surface area contributed by atoms with E-state index in [-0.39, 0.29) is 11.8 Å². The highest BCUT2D eigenvalue weighted by atomic mass is 16.5. The van der Waals surface area contributed by atoms with E-state index in [1.807, 2.05) is 29.2 Å². The molecule has 1 aromatic rings. The second-order valence-electron chi connectivity index (χ2n) is 5.31. The predicted molar refractivity (Wildman–Crippen MR) is 73.1 cm³/mol. The van der Waals surface area contributed by atoms with Gasteiger partial charge in [0, 0.05) is 18.2 Å². The molecular weight excluding hydrogens is 240 g/mol. The van der Waals surface area contributed by atoms with Crippen molar-refractivity contribution in [2.45, 2.75) is 31.2 Å². The number of nitrogens with zero attached hydrogens (tertiary/aromatic N) is 1. The van der Waals surface area contributed by atoms with E-state index < -0.39 is 0 Å². The maximum absolute atomic E-state index is 12.7. The molecule has 0 spiro atoms. The summed E-state index contributed by atoms with van der Waals surface area (Å²) in [6, 6.07) is 8.28. The third-order valence-electron chi connectivity index (χ3n) is 3.87. The van der Waals surface area contributed by atoms with Crippen LogP contribution in [0.25, 0.3) is 0 Å². The first-order chi connectivity index (χ1) is 9.31. The van der Waals surface area contributed by atoms with Crippen molar-refractivity contribution in [2.75, 3.05) is 19.7 Å². The predicted octanol–water partition coefficient (Wildman–Crippen LogP) is 1.50. The molecule has 2 N–H and O–H groups in total. The summed E-state index contributed by atoms with van der Waals surface area (Å²) < 4.78 is 5.61. The maximum Gasteiger partial charge on any atom is 0.233 e. The van der Waals surface area contributed by atoms with Gasteiger partial charge >= 0.3 is 0 Å². The quantitative estimate of drug-likeness (QED) is 0.873. The van der Waals surface area contributed by atoms with Crippen LogP contribution in [0.5, 0.6) is 5.75 Å². The summed E-state index contributed by atoms with van der Waals surface area (Å²) in [6.45, 7) is 1.89. The van der Waals surface area contributed by atoms with Gasteiger partial charge < -0.3 is 15.4 Å². The lowest BCUT2D eigenvalue weighted by atomic mass is 9.99. The Kier molecular flexibility index (Phi) is 3.42. The van der Waals surface area contributed by atoms with E-state index in [1.165, 1.54) is 0 Å². The summed E-state index contributed by atoms with van der Waals surface area (Å²) in [5.74, 6) is 0.936. The van der Waals surface area contributed by atoms with E-state index in [4.69, 9.17) is 10.5 Å². The van der Waals surface area contributed by atoms with Crippen LogP contribution in [0.1, 0.15) is 30.7 Å². The minimum Gasteiger partial charge on any atom is -0.492 e. The van der Waals surface area contributed by atoms with Gasteiger partial charge in [-0.3, -0.25) is 4.79 Å². The summed E-state index contributed by atoms with van der Waals surface area (Å²) in [6.07, 6.45) is 3.13. The van der Waals surface area contributed by atoms with Gasteiger partial charge in [-0.15, -0.1) is 0 Å². The van der Waals surface area contributed by atoms with Crippen molar-refractivity contribution < 1.29 is 9.53 Å². The largest absolute Gasteiger partial charge is 0.492 e. The number of ether oxygens (including phenoxy) is 1. The second kappa shape index (κ2) is 5.21. The Morgan fingerprint density at radius 1 is 1.37 bits per heavy atom. The summed E-state index contributed by atoms with van der Waals surface area (Å²) in [7, 11) is 0. The minimum atomic E-state index is -0.130. The molecule has 1 amide bonds. The van der Waals surface area contributed by atoms with Gasteiger partial charge in [0.05, 0.1) is 0 Å². The lowest BCUT2D eigenvalue weighted by Gasteiger charge is -2.25. The first-order valence-electron chi connectivity index (χ1n) is 7.03. The van der Waals surface area contributed by atoms with Gasteiger partial charge in [-0.2, -0.15) is 0 Å². The molecule has 1 saturated carbocycles. The lowest BCUT2D eigenvalue weighted by molar-refractivity contribution is -0.133. The highest BCUT2D eigenvalue weighted by molar-refractivity contribution is 5.86. The van der Waals surface area contributed by atoms with Crippen LogP contribution in [-0.2, 0) is 4.79 Å². The average molecular weight is 260 g/mol. The van der Waals surface area contributed by atoms with Crippen LogP contribution in [0.15, 0.2) is 24.3 Å². The highest BCUT2D eigenvalue weighted by Crippen LogP contribution is 2.37. The molecule has 1 aliphatic carbocycles. The van der Waals surface area contributed by atoms with Gasteiger partial charge in [-0.1, -0.05) is 18.2 Å². The number of hydrogen-bond acceptors (Lipinski definition) is 3. The molecule has 1 unspecified atom stereocenters. The number of nitrogens with two attached hydrogens (primary N) is 1. The fraction of sp³-hybridized carbons (Fsp3) is 0.533. The number of benzene rings is 1. The average Bonchev–Trinajstić information content (AvgIpc) is 3.18. The van der Waals surface area contributed by atoms with E-state index in [9.17, 15) is 4.79 Å². The van der Waals surface area contributed by atoms with E-state index in [1.54, 1.807) is 0 Å². The molecule has 102 valence electrons. The Morgan fingerprint density at radius 3 is 2.89 bits per heavy atom. The first-order valence-corrected chi connectivity index (χ1v) is 7.03. The summed E-state index contributed by atoms with van der Waals surface area (Å²) in [5.41, 5.74) is 6.60. The highest BCUT2D eigenvalue weighted by Gasteiger charge is 2.39. The smallest absolute Gasteiger partial charge is 0.233 e. The zero-order valence-corrected chi connectivity index (χ0v) is 11.0. The lowest BCUT2D eigenvalue weighted by Crippen LogP contribution is -2.38. The molecule has 3 rings (SSSR count). The van der Waals surface area contributed by atoms with Crippen LogP contribution in [0.3, 0.4) is 0 Å². The number of para-hydroxylation sites is 1. The molecule has 4 heteroatoms. The van der Waals surface area contributed by atoms with Crippen LogP contribution in [-0.4, -0.2) is 36.5 Å². The standard InChI is InChI=1S/C15H20N2O2/c16-8-3-9-17(11-6-7-11)15(18)13-10-19-14-5-2-1-4-12(13)14/h1-2,4-5,11,13H,3,6-10,16H2. The first kappa shape index (κ1) is 12.5. The molecule has 1 heterocycles. The summed E-state index contributed by atoms with van der Waals surface area (Å²) >= 11 is 0. The van der Waals surface area contributed by atoms with Crippen molar-refractivity contribution in [1.82, 2.24) is 4.90 Å². The van der Waals surface area contributed by atoms with Gasteiger partial charge in [0.25, 0.3) is 0 Å². The van der Waals surface area contributed by atoms with Crippen molar-refractivity contribution >= 4 is 5.91 Å². The van der Waals surface area contributed by atoms with E-state index in [0.29, 0.717) is 19.2 Å². The molecule has 2 aliphatic rings. The van der Waals surface area contributed by atoms with Crippen LogP contribution >= 0.6 is 0 Å². The molecule has 0 radical (unpaired) electrons. The SMILES string of the molecule is NCCCN(C(=O)C1COc2ccccc21)C1CC1. The Hall–Kier alpha value is -1.55. The van der Waals surface area contributed by atoms with Crippen molar-refractivity contribution in [2.24, 2.45) is 5.73 Å². The molecule has 1 atom stereocenters. The number of carbonyl (C=O) groups is 1. The maximum atomic E-state index is 12.7. The Balaban J connectivity index is 1.76. The molecular formula is C15H20N2O2. The van der Waals surface area contributed by atoms with Crippen molar-refractivity contribution in [3.63, 3.8) is 0 Å². The number of amides is 1. The molecule has 1 aromatic carbocycles. The molecule has 0 saturated heterocycles. The molecule has 4 nitrogen and oxygen atoms in total. The number of carbonyl (C=O) groups excluding carboxylic acids is 1.